The van der Waals surface area contributed by atoms with Crippen LogP contribution in [0.5, 0.6) is 0 Å². The van der Waals surface area contributed by atoms with Crippen molar-refractivity contribution in [3.05, 3.63) is 70.5 Å². The Morgan fingerprint density at radius 2 is 1.68 bits per heavy atom. The summed E-state index contributed by atoms with van der Waals surface area (Å²) >= 11 is 5.91. The van der Waals surface area contributed by atoms with Crippen molar-refractivity contribution >= 4 is 23.4 Å². The normalized spacial score (nSPS) is 14.0. The number of halogens is 2. The first-order valence-corrected chi connectivity index (χ1v) is 9.68. The van der Waals surface area contributed by atoms with Gasteiger partial charge in [-0.1, -0.05) is 23.7 Å². The van der Waals surface area contributed by atoms with E-state index in [4.69, 9.17) is 11.6 Å². The molecule has 3 rings (SSSR count). The van der Waals surface area contributed by atoms with Crippen molar-refractivity contribution in [1.29, 1.82) is 0 Å². The number of carbonyl (C=O) groups excluding carboxylic acids is 2. The lowest BCUT2D eigenvalue weighted by molar-refractivity contribution is -0.132. The SMILES string of the molecule is O=C(CCN(Cc1ccc(F)cc1)C(=O)c1ccc(Cl)cc1)N1CCNCC1. The first kappa shape index (κ1) is 20.3. The number of piperazine rings is 1. The monoisotopic (exact) mass is 403 g/mol. The van der Waals surface area contributed by atoms with Gasteiger partial charge in [0.2, 0.25) is 5.91 Å². The van der Waals surface area contributed by atoms with Gasteiger partial charge in [0, 0.05) is 56.3 Å². The summed E-state index contributed by atoms with van der Waals surface area (Å²) in [6.07, 6.45) is 0.251. The Morgan fingerprint density at radius 1 is 1.04 bits per heavy atom. The van der Waals surface area contributed by atoms with Gasteiger partial charge in [-0.3, -0.25) is 9.59 Å². The molecule has 2 aromatic rings. The van der Waals surface area contributed by atoms with Gasteiger partial charge in [-0.05, 0) is 42.0 Å². The lowest BCUT2D eigenvalue weighted by Crippen LogP contribution is -2.47. The summed E-state index contributed by atoms with van der Waals surface area (Å²) in [7, 11) is 0. The molecule has 0 saturated carbocycles. The molecule has 1 aliphatic heterocycles. The fraction of sp³-hybridized carbons (Fsp3) is 0.333. The van der Waals surface area contributed by atoms with Gasteiger partial charge >= 0.3 is 0 Å². The van der Waals surface area contributed by atoms with Crippen LogP contribution in [0.4, 0.5) is 4.39 Å². The van der Waals surface area contributed by atoms with E-state index in [0.717, 1.165) is 18.7 Å². The summed E-state index contributed by atoms with van der Waals surface area (Å²) in [4.78, 5) is 28.9. The zero-order valence-electron chi connectivity index (χ0n) is 15.5. The second kappa shape index (κ2) is 9.66. The van der Waals surface area contributed by atoms with E-state index in [9.17, 15) is 14.0 Å². The molecule has 1 heterocycles. The van der Waals surface area contributed by atoms with Gasteiger partial charge < -0.3 is 15.1 Å². The van der Waals surface area contributed by atoms with Gasteiger partial charge in [0.25, 0.3) is 5.91 Å². The van der Waals surface area contributed by atoms with Gasteiger partial charge in [-0.2, -0.15) is 0 Å². The summed E-state index contributed by atoms with van der Waals surface area (Å²) in [5.74, 6) is -0.475. The van der Waals surface area contributed by atoms with Crippen LogP contribution >= 0.6 is 11.6 Å². The van der Waals surface area contributed by atoms with Gasteiger partial charge in [0.15, 0.2) is 0 Å². The average Bonchev–Trinajstić information content (AvgIpc) is 2.73. The van der Waals surface area contributed by atoms with Crippen molar-refractivity contribution < 1.29 is 14.0 Å². The molecule has 1 N–H and O–H groups in total. The van der Waals surface area contributed by atoms with Crippen LogP contribution in [0, 0.1) is 5.82 Å². The fourth-order valence-electron chi connectivity index (χ4n) is 3.14. The molecule has 148 valence electrons. The molecular formula is C21H23ClFN3O2. The minimum absolute atomic E-state index is 0.0366. The van der Waals surface area contributed by atoms with Crippen LogP contribution in [0.25, 0.3) is 0 Å². The second-order valence-corrected chi connectivity index (χ2v) is 7.18. The first-order valence-electron chi connectivity index (χ1n) is 9.31. The lowest BCUT2D eigenvalue weighted by atomic mass is 10.1. The third-order valence-corrected chi connectivity index (χ3v) is 4.98. The highest BCUT2D eigenvalue weighted by Gasteiger charge is 2.21. The Hall–Kier alpha value is -2.44. The highest BCUT2D eigenvalue weighted by Crippen LogP contribution is 2.15. The molecule has 0 spiro atoms. The van der Waals surface area contributed by atoms with Crippen molar-refractivity contribution in [3.63, 3.8) is 0 Å². The molecule has 7 heteroatoms. The Balaban J connectivity index is 1.71. The molecular weight excluding hydrogens is 381 g/mol. The van der Waals surface area contributed by atoms with E-state index in [0.29, 0.717) is 36.8 Å². The van der Waals surface area contributed by atoms with Crippen molar-refractivity contribution in [2.45, 2.75) is 13.0 Å². The standard InChI is InChI=1S/C21H23ClFN3O2/c22-18-5-3-17(4-6-18)21(28)26(15-16-1-7-19(23)8-2-16)12-9-20(27)25-13-10-24-11-14-25/h1-8,24H,9-15H2. The quantitative estimate of drug-likeness (QED) is 0.806. The van der Waals surface area contributed by atoms with E-state index in [2.05, 4.69) is 5.32 Å². The zero-order valence-corrected chi connectivity index (χ0v) is 16.3. The van der Waals surface area contributed by atoms with E-state index in [1.807, 2.05) is 4.90 Å². The van der Waals surface area contributed by atoms with E-state index < -0.39 is 0 Å². The van der Waals surface area contributed by atoms with Gasteiger partial charge in [-0.15, -0.1) is 0 Å². The summed E-state index contributed by atoms with van der Waals surface area (Å²) in [6.45, 7) is 3.53. The number of carbonyl (C=O) groups is 2. The molecule has 1 aliphatic rings. The van der Waals surface area contributed by atoms with Crippen molar-refractivity contribution in [3.8, 4) is 0 Å². The molecule has 1 fully saturated rings. The van der Waals surface area contributed by atoms with Crippen LogP contribution < -0.4 is 5.32 Å². The van der Waals surface area contributed by atoms with Gasteiger partial charge in [-0.25, -0.2) is 4.39 Å². The van der Waals surface area contributed by atoms with Gasteiger partial charge in [0.05, 0.1) is 0 Å². The molecule has 0 aromatic heterocycles. The molecule has 0 radical (unpaired) electrons. The Bertz CT molecular complexity index is 805. The third-order valence-electron chi connectivity index (χ3n) is 4.73. The van der Waals surface area contributed by atoms with E-state index in [-0.39, 0.29) is 24.1 Å². The Morgan fingerprint density at radius 3 is 2.32 bits per heavy atom. The fourth-order valence-corrected chi connectivity index (χ4v) is 3.27. The van der Waals surface area contributed by atoms with Crippen LogP contribution in [0.1, 0.15) is 22.3 Å². The molecule has 0 unspecified atom stereocenters. The summed E-state index contributed by atoms with van der Waals surface area (Å²) < 4.78 is 13.2. The zero-order chi connectivity index (χ0) is 19.9. The summed E-state index contributed by atoms with van der Waals surface area (Å²) in [5.41, 5.74) is 1.31. The maximum Gasteiger partial charge on any atom is 0.254 e. The maximum atomic E-state index is 13.2. The Kier molecular flexibility index (Phi) is 7.01. The highest BCUT2D eigenvalue weighted by atomic mass is 35.5. The van der Waals surface area contributed by atoms with Crippen molar-refractivity contribution in [1.82, 2.24) is 15.1 Å². The number of benzene rings is 2. The molecule has 28 heavy (non-hydrogen) atoms. The number of rotatable bonds is 6. The number of hydrogen-bond donors (Lipinski definition) is 1. The second-order valence-electron chi connectivity index (χ2n) is 6.74. The highest BCUT2D eigenvalue weighted by molar-refractivity contribution is 6.30. The van der Waals surface area contributed by atoms with Crippen molar-refractivity contribution in [2.75, 3.05) is 32.7 Å². The summed E-state index contributed by atoms with van der Waals surface area (Å²) in [6, 6.07) is 12.7. The first-order chi connectivity index (χ1) is 13.5. The number of nitrogens with one attached hydrogen (secondary N) is 1. The molecule has 2 aromatic carbocycles. The molecule has 0 atom stereocenters. The predicted molar refractivity (Wildman–Crippen MR) is 107 cm³/mol. The van der Waals surface area contributed by atoms with Crippen molar-refractivity contribution in [2.24, 2.45) is 0 Å². The van der Waals surface area contributed by atoms with E-state index in [1.54, 1.807) is 41.3 Å². The molecule has 0 bridgehead atoms. The number of nitrogens with zero attached hydrogens (tertiary/aromatic N) is 2. The van der Waals surface area contributed by atoms with Crippen LogP contribution in [0.3, 0.4) is 0 Å². The predicted octanol–water partition coefficient (Wildman–Crippen LogP) is 2.94. The van der Waals surface area contributed by atoms with E-state index >= 15 is 0 Å². The van der Waals surface area contributed by atoms with Crippen LogP contribution in [0.2, 0.25) is 5.02 Å². The minimum atomic E-state index is -0.326. The van der Waals surface area contributed by atoms with E-state index in [1.165, 1.54) is 12.1 Å². The number of amides is 2. The Labute approximate surface area is 169 Å². The number of hydrogen-bond acceptors (Lipinski definition) is 3. The molecule has 2 amide bonds. The molecule has 1 saturated heterocycles. The van der Waals surface area contributed by atoms with Gasteiger partial charge in [0.1, 0.15) is 5.82 Å². The lowest BCUT2D eigenvalue weighted by Gasteiger charge is -2.29. The minimum Gasteiger partial charge on any atom is -0.340 e. The molecule has 0 aliphatic carbocycles. The van der Waals surface area contributed by atoms with Crippen LogP contribution in [0.15, 0.2) is 48.5 Å². The summed E-state index contributed by atoms with van der Waals surface area (Å²) in [5, 5.41) is 3.77. The largest absolute Gasteiger partial charge is 0.340 e. The average molecular weight is 404 g/mol. The van der Waals surface area contributed by atoms with Crippen LogP contribution in [-0.2, 0) is 11.3 Å². The smallest absolute Gasteiger partial charge is 0.254 e. The topological polar surface area (TPSA) is 52.7 Å². The maximum absolute atomic E-state index is 13.2. The third kappa shape index (κ3) is 5.53. The van der Waals surface area contributed by atoms with Crippen LogP contribution in [-0.4, -0.2) is 54.3 Å². The molecule has 5 nitrogen and oxygen atoms in total.